The van der Waals surface area contributed by atoms with Crippen molar-refractivity contribution in [3.05, 3.63) is 35.7 Å². The van der Waals surface area contributed by atoms with Crippen molar-refractivity contribution in [1.29, 1.82) is 0 Å². The molecule has 1 aromatic carbocycles. The SMILES string of the molecule is C=Cc1nc2cc(C(C)(C)C)cc(C(C)(C)C)c2o1. The van der Waals surface area contributed by atoms with Crippen LogP contribution in [0, 0.1) is 0 Å². The molecule has 0 bridgehead atoms. The summed E-state index contributed by atoms with van der Waals surface area (Å²) in [6, 6.07) is 4.38. The number of nitrogens with zero attached hydrogens (tertiary/aromatic N) is 1. The van der Waals surface area contributed by atoms with Gasteiger partial charge >= 0.3 is 0 Å². The predicted molar refractivity (Wildman–Crippen MR) is 81.5 cm³/mol. The molecule has 2 rings (SSSR count). The molecule has 0 saturated heterocycles. The van der Waals surface area contributed by atoms with E-state index < -0.39 is 0 Å². The van der Waals surface area contributed by atoms with Gasteiger partial charge in [0.15, 0.2) is 5.58 Å². The van der Waals surface area contributed by atoms with E-state index in [4.69, 9.17) is 4.42 Å². The summed E-state index contributed by atoms with van der Waals surface area (Å²) in [5, 5.41) is 0. The molecule has 0 amide bonds. The van der Waals surface area contributed by atoms with E-state index in [1.807, 2.05) is 0 Å². The topological polar surface area (TPSA) is 26.0 Å². The minimum atomic E-state index is 0.0253. The number of hydrogen-bond acceptors (Lipinski definition) is 2. The molecule has 0 aliphatic rings. The van der Waals surface area contributed by atoms with Crippen LogP contribution in [0.1, 0.15) is 58.6 Å². The van der Waals surface area contributed by atoms with Gasteiger partial charge in [0.05, 0.1) is 0 Å². The van der Waals surface area contributed by atoms with Crippen LogP contribution in [-0.2, 0) is 10.8 Å². The second-order valence-corrected chi connectivity index (χ2v) is 7.13. The van der Waals surface area contributed by atoms with Gasteiger partial charge in [-0.2, -0.15) is 0 Å². The van der Waals surface area contributed by atoms with Crippen molar-refractivity contribution in [2.24, 2.45) is 0 Å². The van der Waals surface area contributed by atoms with Crippen molar-refractivity contribution in [3.63, 3.8) is 0 Å². The molecule has 0 atom stereocenters. The molecular weight excluding hydrogens is 234 g/mol. The van der Waals surface area contributed by atoms with E-state index in [0.29, 0.717) is 5.89 Å². The van der Waals surface area contributed by atoms with E-state index in [2.05, 4.69) is 65.2 Å². The molecule has 2 aromatic rings. The first-order chi connectivity index (χ1) is 8.63. The molecule has 1 aromatic heterocycles. The van der Waals surface area contributed by atoms with Crippen molar-refractivity contribution < 1.29 is 4.42 Å². The maximum atomic E-state index is 5.81. The lowest BCUT2D eigenvalue weighted by Gasteiger charge is -2.24. The van der Waals surface area contributed by atoms with Crippen LogP contribution in [0.3, 0.4) is 0 Å². The summed E-state index contributed by atoms with van der Waals surface area (Å²) >= 11 is 0. The molecule has 0 unspecified atom stereocenters. The Hall–Kier alpha value is -1.57. The van der Waals surface area contributed by atoms with Crippen molar-refractivity contribution in [1.82, 2.24) is 4.98 Å². The van der Waals surface area contributed by atoms with Crippen LogP contribution < -0.4 is 0 Å². The Morgan fingerprint density at radius 3 is 2.16 bits per heavy atom. The Morgan fingerprint density at radius 2 is 1.68 bits per heavy atom. The van der Waals surface area contributed by atoms with E-state index in [1.165, 1.54) is 11.1 Å². The van der Waals surface area contributed by atoms with E-state index >= 15 is 0 Å². The zero-order valence-corrected chi connectivity index (χ0v) is 12.8. The van der Waals surface area contributed by atoms with Crippen molar-refractivity contribution in [2.75, 3.05) is 0 Å². The number of fused-ring (bicyclic) bond motifs is 1. The molecule has 102 valence electrons. The smallest absolute Gasteiger partial charge is 0.219 e. The third-order valence-electron chi connectivity index (χ3n) is 3.36. The second-order valence-electron chi connectivity index (χ2n) is 7.13. The standard InChI is InChI=1S/C17H23NO/c1-8-14-18-13-10-11(16(2,3)4)9-12(15(13)19-14)17(5,6)7/h8-10H,1H2,2-7H3. The number of rotatable bonds is 1. The second kappa shape index (κ2) is 4.22. The van der Waals surface area contributed by atoms with E-state index in [-0.39, 0.29) is 10.8 Å². The highest BCUT2D eigenvalue weighted by Gasteiger charge is 2.24. The lowest BCUT2D eigenvalue weighted by Crippen LogP contribution is -2.16. The molecule has 0 aliphatic carbocycles. The molecule has 0 N–H and O–H groups in total. The zero-order chi connectivity index (χ0) is 14.4. The van der Waals surface area contributed by atoms with Gasteiger partial charge in [-0.25, -0.2) is 4.98 Å². The molecule has 2 nitrogen and oxygen atoms in total. The number of oxazole rings is 1. The van der Waals surface area contributed by atoms with Crippen LogP contribution in [0.2, 0.25) is 0 Å². The molecule has 0 saturated carbocycles. The summed E-state index contributed by atoms with van der Waals surface area (Å²) in [5.74, 6) is 0.589. The summed E-state index contributed by atoms with van der Waals surface area (Å²) in [5.41, 5.74) is 4.42. The highest BCUT2D eigenvalue weighted by molar-refractivity contribution is 5.80. The molecular formula is C17H23NO. The molecule has 0 spiro atoms. The molecule has 1 heterocycles. The van der Waals surface area contributed by atoms with Crippen LogP contribution in [0.4, 0.5) is 0 Å². The van der Waals surface area contributed by atoms with Gasteiger partial charge < -0.3 is 4.42 Å². The van der Waals surface area contributed by atoms with E-state index in [9.17, 15) is 0 Å². The Balaban J connectivity index is 2.82. The summed E-state index contributed by atoms with van der Waals surface area (Å²) in [4.78, 5) is 4.49. The molecule has 0 radical (unpaired) electrons. The number of aromatic nitrogens is 1. The molecule has 19 heavy (non-hydrogen) atoms. The van der Waals surface area contributed by atoms with E-state index in [0.717, 1.165) is 11.1 Å². The van der Waals surface area contributed by atoms with Crippen LogP contribution in [0.5, 0.6) is 0 Å². The Kier molecular flexibility index (Phi) is 3.08. The first-order valence-electron chi connectivity index (χ1n) is 6.71. The van der Waals surface area contributed by atoms with Crippen LogP contribution in [0.15, 0.2) is 23.1 Å². The quantitative estimate of drug-likeness (QED) is 0.713. The maximum absolute atomic E-state index is 5.81. The van der Waals surface area contributed by atoms with Crippen molar-refractivity contribution in [2.45, 2.75) is 52.4 Å². The molecule has 0 aliphatic heterocycles. The lowest BCUT2D eigenvalue weighted by atomic mass is 9.80. The van der Waals surface area contributed by atoms with Crippen molar-refractivity contribution >= 4 is 17.2 Å². The first-order valence-corrected chi connectivity index (χ1v) is 6.71. The lowest BCUT2D eigenvalue weighted by molar-refractivity contribution is 0.543. The fourth-order valence-electron chi connectivity index (χ4n) is 2.13. The van der Waals surface area contributed by atoms with Gasteiger partial charge in [-0.3, -0.25) is 0 Å². The predicted octanol–water partition coefficient (Wildman–Crippen LogP) is 5.07. The first kappa shape index (κ1) is 13.9. The van der Waals surface area contributed by atoms with Gasteiger partial charge in [-0.05, 0) is 28.5 Å². The van der Waals surface area contributed by atoms with Gasteiger partial charge in [0, 0.05) is 5.56 Å². The third-order valence-corrected chi connectivity index (χ3v) is 3.36. The minimum absolute atomic E-state index is 0.0253. The maximum Gasteiger partial charge on any atom is 0.219 e. The van der Waals surface area contributed by atoms with Crippen molar-refractivity contribution in [3.8, 4) is 0 Å². The normalized spacial score (nSPS) is 12.9. The third kappa shape index (κ3) is 2.58. The zero-order valence-electron chi connectivity index (χ0n) is 12.8. The summed E-state index contributed by atoms with van der Waals surface area (Å²) in [6.45, 7) is 17.0. The largest absolute Gasteiger partial charge is 0.436 e. The average Bonchev–Trinajstić information content (AvgIpc) is 2.67. The summed E-state index contributed by atoms with van der Waals surface area (Å²) < 4.78 is 5.81. The molecule has 0 fully saturated rings. The molecule has 2 heteroatoms. The van der Waals surface area contributed by atoms with Gasteiger partial charge in [0.2, 0.25) is 5.89 Å². The van der Waals surface area contributed by atoms with Crippen LogP contribution >= 0.6 is 0 Å². The van der Waals surface area contributed by atoms with Gasteiger partial charge in [-0.1, -0.05) is 54.2 Å². The van der Waals surface area contributed by atoms with Gasteiger partial charge in [0.1, 0.15) is 5.52 Å². The monoisotopic (exact) mass is 257 g/mol. The summed E-state index contributed by atoms with van der Waals surface area (Å²) in [7, 11) is 0. The number of hydrogen-bond donors (Lipinski definition) is 0. The Labute approximate surface area is 115 Å². The van der Waals surface area contributed by atoms with Crippen LogP contribution in [0.25, 0.3) is 17.2 Å². The minimum Gasteiger partial charge on any atom is -0.436 e. The van der Waals surface area contributed by atoms with Crippen LogP contribution in [-0.4, -0.2) is 4.98 Å². The Bertz CT molecular complexity index is 621. The highest BCUT2D eigenvalue weighted by atomic mass is 16.3. The number of benzene rings is 1. The van der Waals surface area contributed by atoms with Gasteiger partial charge in [0.25, 0.3) is 0 Å². The highest BCUT2D eigenvalue weighted by Crippen LogP contribution is 2.35. The summed E-state index contributed by atoms with van der Waals surface area (Å²) in [6.07, 6.45) is 1.66. The average molecular weight is 257 g/mol. The Morgan fingerprint density at radius 1 is 1.05 bits per heavy atom. The fourth-order valence-corrected chi connectivity index (χ4v) is 2.13. The van der Waals surface area contributed by atoms with Gasteiger partial charge in [-0.15, -0.1) is 0 Å². The van der Waals surface area contributed by atoms with E-state index in [1.54, 1.807) is 6.08 Å². The fraction of sp³-hybridized carbons (Fsp3) is 0.471.